The van der Waals surface area contributed by atoms with Gasteiger partial charge in [-0.25, -0.2) is 8.42 Å². The van der Waals surface area contributed by atoms with E-state index in [1.54, 1.807) is 0 Å². The van der Waals surface area contributed by atoms with E-state index in [1.807, 2.05) is 0 Å². The van der Waals surface area contributed by atoms with Gasteiger partial charge in [-0.2, -0.15) is 0 Å². The summed E-state index contributed by atoms with van der Waals surface area (Å²) >= 11 is 0. The van der Waals surface area contributed by atoms with Gasteiger partial charge in [0.1, 0.15) is 0 Å². The molecule has 3 fully saturated rings. The zero-order valence-corrected chi connectivity index (χ0v) is 8.91. The lowest BCUT2D eigenvalue weighted by Gasteiger charge is -2.44. The van der Waals surface area contributed by atoms with Crippen LogP contribution in [-0.2, 0) is 9.84 Å². The maximum Gasteiger partial charge on any atom is 0.150 e. The summed E-state index contributed by atoms with van der Waals surface area (Å²) in [6.07, 6.45) is 2.13. The van der Waals surface area contributed by atoms with Crippen molar-refractivity contribution in [1.82, 2.24) is 0 Å². The minimum Gasteiger partial charge on any atom is -0.396 e. The van der Waals surface area contributed by atoms with Crippen LogP contribution in [0.25, 0.3) is 0 Å². The molecule has 0 spiro atoms. The van der Waals surface area contributed by atoms with E-state index in [1.165, 1.54) is 0 Å². The second-order valence-electron chi connectivity index (χ2n) is 5.25. The van der Waals surface area contributed by atoms with Crippen LogP contribution in [0.5, 0.6) is 0 Å². The van der Waals surface area contributed by atoms with Crippen molar-refractivity contribution in [2.75, 3.05) is 18.1 Å². The predicted molar refractivity (Wildman–Crippen MR) is 52.4 cm³/mol. The molecule has 2 saturated carbocycles. The lowest BCUT2D eigenvalue weighted by Crippen LogP contribution is -2.42. The number of sulfone groups is 1. The summed E-state index contributed by atoms with van der Waals surface area (Å²) in [5, 5.41) is 9.08. The Balaban J connectivity index is 1.78. The lowest BCUT2D eigenvalue weighted by atomic mass is 9.60. The SMILES string of the molecule is O=S1(=O)C[C@H]2[C@@H]3CC(CO)C[C@@H]3[C@@H]2C1. The minimum absolute atomic E-state index is 0.291. The van der Waals surface area contributed by atoms with Crippen molar-refractivity contribution in [2.45, 2.75) is 12.8 Å². The van der Waals surface area contributed by atoms with Crippen molar-refractivity contribution in [3.05, 3.63) is 0 Å². The van der Waals surface area contributed by atoms with E-state index in [0.717, 1.165) is 12.8 Å². The molecule has 2 aliphatic carbocycles. The first-order valence-electron chi connectivity index (χ1n) is 5.42. The number of aliphatic hydroxyl groups is 1. The summed E-state index contributed by atoms with van der Waals surface area (Å²) in [5.74, 6) is 3.44. The molecule has 0 aromatic heterocycles. The molecule has 0 aromatic rings. The van der Waals surface area contributed by atoms with E-state index < -0.39 is 9.84 Å². The fourth-order valence-corrected chi connectivity index (χ4v) is 6.29. The molecule has 1 unspecified atom stereocenters. The van der Waals surface area contributed by atoms with Crippen molar-refractivity contribution in [1.29, 1.82) is 0 Å². The number of aliphatic hydroxyl groups excluding tert-OH is 1. The molecule has 0 aromatic carbocycles. The summed E-state index contributed by atoms with van der Waals surface area (Å²) in [7, 11) is -2.71. The van der Waals surface area contributed by atoms with Gasteiger partial charge in [0.05, 0.1) is 11.5 Å². The van der Waals surface area contributed by atoms with Gasteiger partial charge in [-0.15, -0.1) is 0 Å². The highest BCUT2D eigenvalue weighted by Gasteiger charge is 2.59. The summed E-state index contributed by atoms with van der Waals surface area (Å²) in [6.45, 7) is 0.291. The smallest absolute Gasteiger partial charge is 0.150 e. The highest BCUT2D eigenvalue weighted by Crippen LogP contribution is 2.60. The lowest BCUT2D eigenvalue weighted by molar-refractivity contribution is 0.0462. The van der Waals surface area contributed by atoms with Crippen molar-refractivity contribution in [3.8, 4) is 0 Å². The first-order valence-corrected chi connectivity index (χ1v) is 7.24. The monoisotopic (exact) mass is 216 g/mol. The fourth-order valence-electron chi connectivity index (χ4n) is 3.99. The van der Waals surface area contributed by atoms with Crippen LogP contribution >= 0.6 is 0 Å². The molecule has 3 aliphatic rings. The van der Waals surface area contributed by atoms with Crippen LogP contribution in [0.3, 0.4) is 0 Å². The van der Waals surface area contributed by atoms with Gasteiger partial charge in [0.25, 0.3) is 0 Å². The molecule has 14 heavy (non-hydrogen) atoms. The minimum atomic E-state index is -2.71. The maximum absolute atomic E-state index is 11.4. The third-order valence-corrected chi connectivity index (χ3v) is 6.35. The van der Waals surface area contributed by atoms with Gasteiger partial charge < -0.3 is 5.11 Å². The molecular weight excluding hydrogens is 200 g/mol. The Hall–Kier alpha value is -0.0900. The van der Waals surface area contributed by atoms with Gasteiger partial charge >= 0.3 is 0 Å². The van der Waals surface area contributed by atoms with Crippen LogP contribution < -0.4 is 0 Å². The second-order valence-corrected chi connectivity index (χ2v) is 7.41. The molecule has 5 atom stereocenters. The van der Waals surface area contributed by atoms with Crippen LogP contribution in [-0.4, -0.2) is 31.6 Å². The van der Waals surface area contributed by atoms with E-state index in [-0.39, 0.29) is 0 Å². The zero-order chi connectivity index (χ0) is 9.92. The second kappa shape index (κ2) is 2.73. The van der Waals surface area contributed by atoms with Crippen molar-refractivity contribution in [3.63, 3.8) is 0 Å². The Bertz CT molecular complexity index is 322. The van der Waals surface area contributed by atoms with Crippen molar-refractivity contribution >= 4 is 9.84 Å². The summed E-state index contributed by atoms with van der Waals surface area (Å²) < 4.78 is 22.8. The van der Waals surface area contributed by atoms with Gasteiger partial charge in [-0.05, 0) is 42.4 Å². The van der Waals surface area contributed by atoms with E-state index in [9.17, 15) is 8.42 Å². The number of fused-ring (bicyclic) bond motifs is 4. The quantitative estimate of drug-likeness (QED) is 0.685. The van der Waals surface area contributed by atoms with Crippen LogP contribution in [0.4, 0.5) is 0 Å². The molecule has 0 bridgehead atoms. The molecule has 80 valence electrons. The molecule has 1 saturated heterocycles. The molecule has 4 heteroatoms. The first kappa shape index (κ1) is 9.16. The standard InChI is InChI=1S/C10H16O3S/c11-3-6-1-7-8(2-6)10-5-14(12,13)4-9(7)10/h6-11H,1-5H2/t6?,7-,8+,9-,10-/m0/s1. The van der Waals surface area contributed by atoms with Gasteiger partial charge in [-0.1, -0.05) is 0 Å². The number of hydrogen-bond donors (Lipinski definition) is 1. The summed E-state index contributed by atoms with van der Waals surface area (Å²) in [4.78, 5) is 0. The summed E-state index contributed by atoms with van der Waals surface area (Å²) in [6, 6.07) is 0. The van der Waals surface area contributed by atoms with Gasteiger partial charge in [0, 0.05) is 6.61 Å². The topological polar surface area (TPSA) is 54.4 Å². The van der Waals surface area contributed by atoms with E-state index >= 15 is 0 Å². The number of hydrogen-bond acceptors (Lipinski definition) is 3. The molecule has 0 amide bonds. The average Bonchev–Trinajstić information content (AvgIpc) is 2.62. The van der Waals surface area contributed by atoms with Crippen LogP contribution in [0.1, 0.15) is 12.8 Å². The van der Waals surface area contributed by atoms with Gasteiger partial charge in [0.2, 0.25) is 0 Å². The Morgan fingerprint density at radius 2 is 1.50 bits per heavy atom. The molecule has 1 aliphatic heterocycles. The Labute approximate surface area is 84.4 Å². The van der Waals surface area contributed by atoms with Crippen LogP contribution in [0.15, 0.2) is 0 Å². The first-order chi connectivity index (χ1) is 6.61. The summed E-state index contributed by atoms with van der Waals surface area (Å²) in [5.41, 5.74) is 0. The van der Waals surface area contributed by atoms with Crippen LogP contribution in [0, 0.1) is 29.6 Å². The van der Waals surface area contributed by atoms with E-state index in [4.69, 9.17) is 5.11 Å². The van der Waals surface area contributed by atoms with Crippen LogP contribution in [0.2, 0.25) is 0 Å². The molecular formula is C10H16O3S. The predicted octanol–water partition coefficient (Wildman–Crippen LogP) is 0.295. The Morgan fingerprint density at radius 3 is 1.93 bits per heavy atom. The Kier molecular flexibility index (Phi) is 1.78. The van der Waals surface area contributed by atoms with E-state index in [0.29, 0.717) is 47.7 Å². The molecule has 0 radical (unpaired) electrons. The third kappa shape index (κ3) is 1.10. The van der Waals surface area contributed by atoms with E-state index in [2.05, 4.69) is 0 Å². The normalized spacial score (nSPS) is 53.6. The highest BCUT2D eigenvalue weighted by atomic mass is 32.2. The zero-order valence-electron chi connectivity index (χ0n) is 8.09. The highest BCUT2D eigenvalue weighted by molar-refractivity contribution is 7.91. The molecule has 3 nitrogen and oxygen atoms in total. The number of rotatable bonds is 1. The molecule has 1 N–H and O–H groups in total. The molecule has 3 rings (SSSR count). The average molecular weight is 216 g/mol. The fraction of sp³-hybridized carbons (Fsp3) is 1.00. The molecule has 1 heterocycles. The maximum atomic E-state index is 11.4. The largest absolute Gasteiger partial charge is 0.396 e. The third-order valence-electron chi connectivity index (χ3n) is 4.56. The van der Waals surface area contributed by atoms with Crippen molar-refractivity contribution in [2.24, 2.45) is 29.6 Å². The van der Waals surface area contributed by atoms with Gasteiger partial charge in [0.15, 0.2) is 9.84 Å². The van der Waals surface area contributed by atoms with Crippen molar-refractivity contribution < 1.29 is 13.5 Å². The Morgan fingerprint density at radius 1 is 1.00 bits per heavy atom. The van der Waals surface area contributed by atoms with Gasteiger partial charge in [-0.3, -0.25) is 0 Å².